The number of rotatable bonds is 6. The second kappa shape index (κ2) is 9.67. The highest BCUT2D eigenvalue weighted by Crippen LogP contribution is 2.39. The number of piperidine rings is 1. The average molecular weight is 422 g/mol. The van der Waals surface area contributed by atoms with Crippen molar-refractivity contribution in [2.24, 2.45) is 5.92 Å². The molecule has 0 spiro atoms. The number of aromatic hydroxyl groups is 1. The van der Waals surface area contributed by atoms with E-state index in [2.05, 4.69) is 12.2 Å². The van der Waals surface area contributed by atoms with Crippen LogP contribution in [0.3, 0.4) is 0 Å². The topological polar surface area (TPSA) is 69.6 Å². The fourth-order valence-electron chi connectivity index (χ4n) is 3.01. The summed E-state index contributed by atoms with van der Waals surface area (Å²) in [4.78, 5) is 26.5. The Morgan fingerprint density at radius 2 is 1.85 bits per heavy atom. The van der Waals surface area contributed by atoms with Gasteiger partial charge in [0.2, 0.25) is 5.91 Å². The molecule has 144 valence electrons. The van der Waals surface area contributed by atoms with Gasteiger partial charge in [-0.2, -0.15) is 0 Å². The molecule has 2 amide bonds. The standard InChI is InChI=1S/C18H23Cl3N2O3/c1-2-3-4-7-22-17(25)11-5-8-23(9-6-11)18(26)14-15(21)12(19)10-13(20)16(14)24/h10-11,24H,2-9H2,1H3,(H,22,25). The molecule has 0 bridgehead atoms. The van der Waals surface area contributed by atoms with Crippen molar-refractivity contribution in [1.29, 1.82) is 0 Å². The third-order valence-corrected chi connectivity index (χ3v) is 5.67. The molecular weight excluding hydrogens is 399 g/mol. The maximum atomic E-state index is 12.7. The average Bonchev–Trinajstić information content (AvgIpc) is 2.63. The molecule has 0 unspecified atom stereocenters. The van der Waals surface area contributed by atoms with E-state index in [1.54, 1.807) is 4.90 Å². The number of hydrogen-bond donors (Lipinski definition) is 2. The second-order valence-electron chi connectivity index (χ2n) is 6.44. The summed E-state index contributed by atoms with van der Waals surface area (Å²) in [5, 5.41) is 13.1. The Labute approximate surface area is 168 Å². The molecule has 1 aromatic carbocycles. The van der Waals surface area contributed by atoms with E-state index in [4.69, 9.17) is 34.8 Å². The summed E-state index contributed by atoms with van der Waals surface area (Å²) in [7, 11) is 0. The summed E-state index contributed by atoms with van der Waals surface area (Å²) < 4.78 is 0. The third-order valence-electron chi connectivity index (χ3n) is 4.59. The first-order chi connectivity index (χ1) is 12.4. The number of hydrogen-bond acceptors (Lipinski definition) is 3. The highest BCUT2D eigenvalue weighted by molar-refractivity contribution is 6.45. The molecule has 0 saturated carbocycles. The molecule has 1 heterocycles. The molecule has 0 aromatic heterocycles. The van der Waals surface area contributed by atoms with E-state index in [0.717, 1.165) is 19.3 Å². The van der Waals surface area contributed by atoms with Crippen LogP contribution in [0.25, 0.3) is 0 Å². The van der Waals surface area contributed by atoms with E-state index in [1.807, 2.05) is 0 Å². The lowest BCUT2D eigenvalue weighted by atomic mass is 9.95. The molecule has 8 heteroatoms. The van der Waals surface area contributed by atoms with Crippen LogP contribution in [0.4, 0.5) is 0 Å². The fraction of sp³-hybridized carbons (Fsp3) is 0.556. The van der Waals surface area contributed by atoms with Crippen LogP contribution in [-0.2, 0) is 4.79 Å². The molecule has 26 heavy (non-hydrogen) atoms. The zero-order valence-electron chi connectivity index (χ0n) is 14.7. The van der Waals surface area contributed by atoms with E-state index in [1.165, 1.54) is 6.07 Å². The lowest BCUT2D eigenvalue weighted by Gasteiger charge is -2.31. The first-order valence-corrected chi connectivity index (χ1v) is 9.93. The van der Waals surface area contributed by atoms with Crippen LogP contribution in [0.15, 0.2) is 6.07 Å². The van der Waals surface area contributed by atoms with Gasteiger partial charge in [-0.25, -0.2) is 0 Å². The van der Waals surface area contributed by atoms with Gasteiger partial charge in [-0.15, -0.1) is 0 Å². The Morgan fingerprint density at radius 1 is 1.19 bits per heavy atom. The SMILES string of the molecule is CCCCCNC(=O)C1CCN(C(=O)c2c(O)c(Cl)cc(Cl)c2Cl)CC1. The lowest BCUT2D eigenvalue weighted by molar-refractivity contribution is -0.126. The van der Waals surface area contributed by atoms with Crippen molar-refractivity contribution in [3.05, 3.63) is 26.7 Å². The first kappa shape index (κ1) is 21.1. The van der Waals surface area contributed by atoms with Gasteiger partial charge in [0.05, 0.1) is 15.1 Å². The number of amides is 2. The molecule has 1 aromatic rings. The largest absolute Gasteiger partial charge is 0.505 e. The molecule has 1 fully saturated rings. The molecule has 5 nitrogen and oxygen atoms in total. The smallest absolute Gasteiger partial charge is 0.259 e. The van der Waals surface area contributed by atoms with Crippen LogP contribution in [0.5, 0.6) is 5.75 Å². The zero-order valence-corrected chi connectivity index (χ0v) is 16.9. The molecule has 1 aliphatic rings. The van der Waals surface area contributed by atoms with Crippen molar-refractivity contribution in [2.45, 2.75) is 39.0 Å². The summed E-state index contributed by atoms with van der Waals surface area (Å²) in [6, 6.07) is 1.30. The normalized spacial score (nSPS) is 15.2. The number of benzene rings is 1. The van der Waals surface area contributed by atoms with E-state index in [0.29, 0.717) is 32.5 Å². The van der Waals surface area contributed by atoms with Crippen LogP contribution in [-0.4, -0.2) is 41.5 Å². The summed E-state index contributed by atoms with van der Waals surface area (Å²) in [5.74, 6) is -0.867. The van der Waals surface area contributed by atoms with Crippen molar-refractivity contribution < 1.29 is 14.7 Å². The van der Waals surface area contributed by atoms with Crippen LogP contribution in [0.1, 0.15) is 49.4 Å². The van der Waals surface area contributed by atoms with Crippen LogP contribution in [0, 0.1) is 5.92 Å². The lowest BCUT2D eigenvalue weighted by Crippen LogP contribution is -2.43. The molecule has 2 rings (SSSR count). The van der Waals surface area contributed by atoms with E-state index >= 15 is 0 Å². The van der Waals surface area contributed by atoms with Crippen molar-refractivity contribution in [1.82, 2.24) is 10.2 Å². The Morgan fingerprint density at radius 3 is 2.46 bits per heavy atom. The van der Waals surface area contributed by atoms with Gasteiger partial charge in [-0.05, 0) is 25.3 Å². The van der Waals surface area contributed by atoms with Gasteiger partial charge in [0, 0.05) is 25.6 Å². The summed E-state index contributed by atoms with van der Waals surface area (Å²) in [5.41, 5.74) is -0.0911. The molecular formula is C18H23Cl3N2O3. The molecule has 1 aliphatic heterocycles. The molecule has 0 atom stereocenters. The van der Waals surface area contributed by atoms with Gasteiger partial charge < -0.3 is 15.3 Å². The quantitative estimate of drug-likeness (QED) is 0.524. The molecule has 0 aliphatic carbocycles. The fourth-order valence-corrected chi connectivity index (χ4v) is 3.70. The number of carbonyl (C=O) groups excluding carboxylic acids is 2. The predicted molar refractivity (Wildman–Crippen MR) is 104 cm³/mol. The number of halogens is 3. The first-order valence-electron chi connectivity index (χ1n) is 8.80. The van der Waals surface area contributed by atoms with Gasteiger partial charge >= 0.3 is 0 Å². The zero-order chi connectivity index (χ0) is 19.3. The minimum absolute atomic E-state index is 0.0191. The molecule has 0 radical (unpaired) electrons. The van der Waals surface area contributed by atoms with Crippen molar-refractivity contribution in [3.63, 3.8) is 0 Å². The highest BCUT2D eigenvalue weighted by Gasteiger charge is 2.31. The minimum atomic E-state index is -0.432. The van der Waals surface area contributed by atoms with Gasteiger partial charge in [-0.3, -0.25) is 9.59 Å². The number of phenolic OH excluding ortho intramolecular Hbond substituents is 1. The van der Waals surface area contributed by atoms with Gasteiger partial charge in [-0.1, -0.05) is 54.6 Å². The second-order valence-corrected chi connectivity index (χ2v) is 7.63. The van der Waals surface area contributed by atoms with E-state index < -0.39 is 5.91 Å². The number of unbranched alkanes of at least 4 members (excludes halogenated alkanes) is 2. The number of carbonyl (C=O) groups is 2. The summed E-state index contributed by atoms with van der Waals surface area (Å²) >= 11 is 17.9. The minimum Gasteiger partial charge on any atom is -0.505 e. The van der Waals surface area contributed by atoms with Gasteiger partial charge in [0.25, 0.3) is 5.91 Å². The molecule has 2 N–H and O–H groups in total. The number of phenols is 1. The number of likely N-dealkylation sites (tertiary alicyclic amines) is 1. The highest BCUT2D eigenvalue weighted by atomic mass is 35.5. The van der Waals surface area contributed by atoms with Crippen LogP contribution >= 0.6 is 34.8 Å². The van der Waals surface area contributed by atoms with Gasteiger partial charge in [0.15, 0.2) is 0 Å². The predicted octanol–water partition coefficient (Wildman–Crippen LogP) is 4.51. The van der Waals surface area contributed by atoms with Crippen molar-refractivity contribution >= 4 is 46.6 Å². The maximum Gasteiger partial charge on any atom is 0.259 e. The monoisotopic (exact) mass is 420 g/mol. The van der Waals surface area contributed by atoms with Crippen LogP contribution in [0.2, 0.25) is 15.1 Å². The molecule has 1 saturated heterocycles. The Balaban J connectivity index is 1.96. The Bertz CT molecular complexity index is 648. The van der Waals surface area contributed by atoms with E-state index in [-0.39, 0.29) is 38.2 Å². The third kappa shape index (κ3) is 4.96. The Hall–Kier alpha value is -1.17. The van der Waals surface area contributed by atoms with Crippen LogP contribution < -0.4 is 5.32 Å². The number of nitrogens with zero attached hydrogens (tertiary/aromatic N) is 1. The van der Waals surface area contributed by atoms with Crippen molar-refractivity contribution in [2.75, 3.05) is 19.6 Å². The Kier molecular flexibility index (Phi) is 7.86. The summed E-state index contributed by atoms with van der Waals surface area (Å²) in [6.45, 7) is 3.62. The van der Waals surface area contributed by atoms with Gasteiger partial charge in [0.1, 0.15) is 11.3 Å². The maximum absolute atomic E-state index is 12.7. The van der Waals surface area contributed by atoms with E-state index in [9.17, 15) is 14.7 Å². The van der Waals surface area contributed by atoms with Crippen molar-refractivity contribution in [3.8, 4) is 5.75 Å². The number of nitrogens with one attached hydrogen (secondary N) is 1. The summed E-state index contributed by atoms with van der Waals surface area (Å²) in [6.07, 6.45) is 4.32.